The zero-order valence-electron chi connectivity index (χ0n) is 13.3. The Balaban J connectivity index is 1.95. The third kappa shape index (κ3) is 4.29. The van der Waals surface area contributed by atoms with Gasteiger partial charge in [0.25, 0.3) is 0 Å². The molecule has 0 aliphatic heterocycles. The van der Waals surface area contributed by atoms with E-state index in [1.165, 1.54) is 19.3 Å². The van der Waals surface area contributed by atoms with Crippen LogP contribution in [0.3, 0.4) is 0 Å². The maximum Gasteiger partial charge on any atom is 0.113 e. The third-order valence-corrected chi connectivity index (χ3v) is 5.90. The van der Waals surface area contributed by atoms with Crippen molar-refractivity contribution in [3.8, 4) is 0 Å². The highest BCUT2D eigenvalue weighted by molar-refractivity contribution is 7.99. The molecule has 0 saturated heterocycles. The summed E-state index contributed by atoms with van der Waals surface area (Å²) in [7, 11) is 0. The fourth-order valence-corrected chi connectivity index (χ4v) is 4.56. The average Bonchev–Trinajstić information content (AvgIpc) is 2.89. The van der Waals surface area contributed by atoms with Gasteiger partial charge in [0, 0.05) is 11.3 Å². The van der Waals surface area contributed by atoms with Gasteiger partial charge in [-0.2, -0.15) is 0 Å². The maximum atomic E-state index is 5.47. The van der Waals surface area contributed by atoms with Crippen molar-refractivity contribution in [1.82, 2.24) is 5.32 Å². The molecule has 2 nitrogen and oxygen atoms in total. The van der Waals surface area contributed by atoms with Crippen LogP contribution in [0.4, 0.5) is 0 Å². The van der Waals surface area contributed by atoms with Gasteiger partial charge in [0.05, 0.1) is 12.0 Å². The Kier molecular flexibility index (Phi) is 5.62. The molecule has 1 heterocycles. The lowest BCUT2D eigenvalue weighted by atomic mass is 9.71. The van der Waals surface area contributed by atoms with Crippen molar-refractivity contribution in [2.75, 3.05) is 6.54 Å². The molecule has 3 atom stereocenters. The van der Waals surface area contributed by atoms with E-state index in [4.69, 9.17) is 4.42 Å². The highest BCUT2D eigenvalue weighted by atomic mass is 32.2. The van der Waals surface area contributed by atoms with Crippen molar-refractivity contribution in [2.45, 2.75) is 64.0 Å². The summed E-state index contributed by atoms with van der Waals surface area (Å²) >= 11 is 2.07. The van der Waals surface area contributed by atoms with Crippen LogP contribution in [0.15, 0.2) is 22.8 Å². The summed E-state index contributed by atoms with van der Waals surface area (Å²) in [5.41, 5.74) is 0.431. The Morgan fingerprint density at radius 3 is 2.75 bits per heavy atom. The van der Waals surface area contributed by atoms with Gasteiger partial charge in [-0.3, -0.25) is 0 Å². The van der Waals surface area contributed by atoms with Gasteiger partial charge in [0.1, 0.15) is 5.76 Å². The first-order chi connectivity index (χ1) is 9.50. The van der Waals surface area contributed by atoms with Crippen LogP contribution in [0.5, 0.6) is 0 Å². The standard InChI is InChI=1S/C17H29NOS/c1-5-18-15-9-8-13(17(2,3)4)11-16(15)20-12-14-7-6-10-19-14/h6-7,10,13,15-16,18H,5,8-9,11-12H2,1-4H3. The first-order valence-electron chi connectivity index (χ1n) is 7.88. The van der Waals surface area contributed by atoms with E-state index in [-0.39, 0.29) is 0 Å². The highest BCUT2D eigenvalue weighted by Gasteiger charge is 2.35. The van der Waals surface area contributed by atoms with E-state index < -0.39 is 0 Å². The van der Waals surface area contributed by atoms with Crippen molar-refractivity contribution in [1.29, 1.82) is 0 Å². The van der Waals surface area contributed by atoms with Crippen LogP contribution in [0.1, 0.15) is 52.7 Å². The molecule has 0 radical (unpaired) electrons. The molecule has 1 aliphatic rings. The minimum atomic E-state index is 0.431. The van der Waals surface area contributed by atoms with Gasteiger partial charge in [-0.1, -0.05) is 27.7 Å². The first-order valence-corrected chi connectivity index (χ1v) is 8.93. The summed E-state index contributed by atoms with van der Waals surface area (Å²) < 4.78 is 5.47. The fourth-order valence-electron chi connectivity index (χ4n) is 3.18. The summed E-state index contributed by atoms with van der Waals surface area (Å²) in [4.78, 5) is 0. The number of thioether (sulfide) groups is 1. The zero-order valence-corrected chi connectivity index (χ0v) is 14.1. The van der Waals surface area contributed by atoms with E-state index >= 15 is 0 Å². The van der Waals surface area contributed by atoms with Crippen LogP contribution >= 0.6 is 11.8 Å². The van der Waals surface area contributed by atoms with Crippen LogP contribution in [0, 0.1) is 11.3 Å². The Morgan fingerprint density at radius 2 is 2.15 bits per heavy atom. The average molecular weight is 295 g/mol. The molecule has 2 rings (SSSR count). The Hall–Kier alpha value is -0.410. The molecule has 0 bridgehead atoms. The molecule has 0 aromatic carbocycles. The molecular formula is C17H29NOS. The van der Waals surface area contributed by atoms with Gasteiger partial charge in [-0.25, -0.2) is 0 Å². The van der Waals surface area contributed by atoms with Crippen LogP contribution in [0.25, 0.3) is 0 Å². The highest BCUT2D eigenvalue weighted by Crippen LogP contribution is 2.42. The number of hydrogen-bond donors (Lipinski definition) is 1. The summed E-state index contributed by atoms with van der Waals surface area (Å²) in [5.74, 6) is 2.94. The smallest absolute Gasteiger partial charge is 0.113 e. The predicted molar refractivity (Wildman–Crippen MR) is 88.1 cm³/mol. The molecule has 3 heteroatoms. The van der Waals surface area contributed by atoms with Crippen LogP contribution in [-0.4, -0.2) is 17.8 Å². The normalized spacial score (nSPS) is 27.7. The number of hydrogen-bond acceptors (Lipinski definition) is 3. The topological polar surface area (TPSA) is 25.2 Å². The summed E-state index contributed by atoms with van der Waals surface area (Å²) in [6, 6.07) is 4.73. The van der Waals surface area contributed by atoms with Gasteiger partial charge >= 0.3 is 0 Å². The molecule has 0 amide bonds. The van der Waals surface area contributed by atoms with E-state index in [9.17, 15) is 0 Å². The van der Waals surface area contributed by atoms with Crippen LogP contribution < -0.4 is 5.32 Å². The Labute approximate surface area is 128 Å². The van der Waals surface area contributed by atoms with Gasteiger partial charge < -0.3 is 9.73 Å². The lowest BCUT2D eigenvalue weighted by molar-refractivity contribution is 0.165. The van der Waals surface area contributed by atoms with E-state index in [0.29, 0.717) is 16.7 Å². The van der Waals surface area contributed by atoms with Gasteiger partial charge in [0.15, 0.2) is 0 Å². The minimum Gasteiger partial charge on any atom is -0.468 e. The molecule has 3 unspecified atom stereocenters. The Morgan fingerprint density at radius 1 is 1.35 bits per heavy atom. The second kappa shape index (κ2) is 7.04. The SMILES string of the molecule is CCNC1CCC(C(C)(C)C)CC1SCc1ccco1. The second-order valence-corrected chi connectivity index (χ2v) is 8.20. The first kappa shape index (κ1) is 16.0. The quantitative estimate of drug-likeness (QED) is 0.852. The molecule has 20 heavy (non-hydrogen) atoms. The largest absolute Gasteiger partial charge is 0.468 e. The summed E-state index contributed by atoms with van der Waals surface area (Å²) in [6.45, 7) is 10.4. The fraction of sp³-hybridized carbons (Fsp3) is 0.765. The van der Waals surface area contributed by atoms with Crippen molar-refractivity contribution in [2.24, 2.45) is 11.3 Å². The van der Waals surface area contributed by atoms with Crippen LogP contribution in [-0.2, 0) is 5.75 Å². The van der Waals surface area contributed by atoms with Crippen molar-refractivity contribution >= 4 is 11.8 Å². The number of furan rings is 1. The molecule has 1 aromatic heterocycles. The lowest BCUT2D eigenvalue weighted by Crippen LogP contribution is -2.44. The lowest BCUT2D eigenvalue weighted by Gasteiger charge is -2.41. The zero-order chi connectivity index (χ0) is 14.6. The van der Waals surface area contributed by atoms with Crippen LogP contribution in [0.2, 0.25) is 0 Å². The third-order valence-electron chi connectivity index (χ3n) is 4.50. The molecular weight excluding hydrogens is 266 g/mol. The van der Waals surface area contributed by atoms with Crippen molar-refractivity contribution in [3.63, 3.8) is 0 Å². The number of nitrogens with one attached hydrogen (secondary N) is 1. The van der Waals surface area contributed by atoms with E-state index in [1.54, 1.807) is 6.26 Å². The van der Waals surface area contributed by atoms with E-state index in [0.717, 1.165) is 24.0 Å². The summed E-state index contributed by atoms with van der Waals surface area (Å²) in [6.07, 6.45) is 5.77. The van der Waals surface area contributed by atoms with E-state index in [1.807, 2.05) is 6.07 Å². The molecule has 1 saturated carbocycles. The van der Waals surface area contributed by atoms with Crippen molar-refractivity contribution < 1.29 is 4.42 Å². The van der Waals surface area contributed by atoms with Gasteiger partial charge in [0.2, 0.25) is 0 Å². The molecule has 1 fully saturated rings. The molecule has 114 valence electrons. The van der Waals surface area contributed by atoms with Gasteiger partial charge in [-0.15, -0.1) is 11.8 Å². The second-order valence-electron chi connectivity index (χ2n) is 6.97. The minimum absolute atomic E-state index is 0.431. The predicted octanol–water partition coefficient (Wildman–Crippen LogP) is 4.71. The van der Waals surface area contributed by atoms with E-state index in [2.05, 4.69) is 50.8 Å². The molecule has 0 spiro atoms. The number of rotatable bonds is 5. The monoisotopic (exact) mass is 295 g/mol. The van der Waals surface area contributed by atoms with Gasteiger partial charge in [-0.05, 0) is 49.3 Å². The van der Waals surface area contributed by atoms with Crippen molar-refractivity contribution in [3.05, 3.63) is 24.2 Å². The molecule has 1 aliphatic carbocycles. The Bertz CT molecular complexity index is 382. The summed E-state index contributed by atoms with van der Waals surface area (Å²) in [5, 5.41) is 4.39. The molecule has 1 aromatic rings. The maximum absolute atomic E-state index is 5.47. The molecule has 1 N–H and O–H groups in total.